The number of aromatic nitrogens is 3. The molecule has 9 heteroatoms. The minimum atomic E-state index is -0.403. The van der Waals surface area contributed by atoms with E-state index in [2.05, 4.69) is 27.4 Å². The minimum absolute atomic E-state index is 0.127. The van der Waals surface area contributed by atoms with Crippen LogP contribution < -0.4 is 15.4 Å². The first kappa shape index (κ1) is 25.0. The van der Waals surface area contributed by atoms with Gasteiger partial charge >= 0.3 is 0 Å². The van der Waals surface area contributed by atoms with Crippen LogP contribution in [0, 0.1) is 13.8 Å². The van der Waals surface area contributed by atoms with Crippen molar-refractivity contribution in [1.82, 2.24) is 20.1 Å². The highest BCUT2D eigenvalue weighted by molar-refractivity contribution is 7.99. The smallest absolute Gasteiger partial charge is 0.251 e. The molecule has 34 heavy (non-hydrogen) atoms. The average Bonchev–Trinajstić information content (AvgIpc) is 3.23. The molecule has 1 heterocycles. The average molecular weight is 480 g/mol. The first-order valence-electron chi connectivity index (χ1n) is 10.8. The van der Waals surface area contributed by atoms with Crippen LogP contribution in [-0.4, -0.2) is 39.4 Å². The standard InChI is InChI=1S/C25H29N5O3S/c1-6-14-30-23(18(4)26-24(32)19-10-12-20(33-5)13-11-19)28-29-25(30)34-15-21(31)27-22-16(2)8-7-9-17(22)3/h6-13,18H,1,14-15H2,2-5H3,(H,26,32)(H,27,31)/t18-/m0/s1. The molecule has 0 spiro atoms. The number of nitrogens with zero attached hydrogens (tertiary/aromatic N) is 3. The molecule has 0 fully saturated rings. The van der Waals surface area contributed by atoms with Gasteiger partial charge in [-0.3, -0.25) is 9.59 Å². The van der Waals surface area contributed by atoms with Gasteiger partial charge in [-0.15, -0.1) is 16.8 Å². The normalized spacial score (nSPS) is 11.5. The Morgan fingerprint density at radius 2 is 1.82 bits per heavy atom. The van der Waals surface area contributed by atoms with Crippen LogP contribution in [0.5, 0.6) is 5.75 Å². The number of para-hydroxylation sites is 1. The molecule has 3 aromatic rings. The lowest BCUT2D eigenvalue weighted by Gasteiger charge is -2.15. The summed E-state index contributed by atoms with van der Waals surface area (Å²) in [7, 11) is 1.58. The van der Waals surface area contributed by atoms with Crippen molar-refractivity contribution in [3.05, 3.63) is 77.6 Å². The number of aryl methyl sites for hydroxylation is 2. The summed E-state index contributed by atoms with van der Waals surface area (Å²) in [5.41, 5.74) is 3.37. The highest BCUT2D eigenvalue weighted by atomic mass is 32.2. The summed E-state index contributed by atoms with van der Waals surface area (Å²) >= 11 is 1.29. The van der Waals surface area contributed by atoms with Gasteiger partial charge in [-0.25, -0.2) is 0 Å². The fourth-order valence-corrected chi connectivity index (χ4v) is 4.19. The molecule has 0 aliphatic rings. The molecule has 178 valence electrons. The van der Waals surface area contributed by atoms with Gasteiger partial charge in [0.05, 0.1) is 18.9 Å². The minimum Gasteiger partial charge on any atom is -0.497 e. The van der Waals surface area contributed by atoms with Gasteiger partial charge in [0.25, 0.3) is 5.91 Å². The summed E-state index contributed by atoms with van der Waals surface area (Å²) in [4.78, 5) is 25.2. The molecule has 1 atom stereocenters. The molecule has 0 aliphatic carbocycles. The maximum absolute atomic E-state index is 12.7. The van der Waals surface area contributed by atoms with Crippen LogP contribution in [0.4, 0.5) is 5.69 Å². The second-order valence-electron chi connectivity index (χ2n) is 7.77. The van der Waals surface area contributed by atoms with E-state index in [0.29, 0.717) is 28.8 Å². The van der Waals surface area contributed by atoms with Crippen molar-refractivity contribution in [2.24, 2.45) is 0 Å². The predicted molar refractivity (Wildman–Crippen MR) is 134 cm³/mol. The zero-order chi connectivity index (χ0) is 24.7. The van der Waals surface area contributed by atoms with E-state index in [4.69, 9.17) is 4.74 Å². The van der Waals surface area contributed by atoms with Crippen LogP contribution in [0.15, 0.2) is 60.3 Å². The Balaban J connectivity index is 1.67. The van der Waals surface area contributed by atoms with E-state index in [1.807, 2.05) is 43.5 Å². The maximum Gasteiger partial charge on any atom is 0.251 e. The first-order valence-corrected chi connectivity index (χ1v) is 11.8. The Morgan fingerprint density at radius 3 is 2.44 bits per heavy atom. The molecular formula is C25H29N5O3S. The van der Waals surface area contributed by atoms with E-state index >= 15 is 0 Å². The SMILES string of the molecule is C=CCn1c(SCC(=O)Nc2c(C)cccc2C)nnc1[C@H](C)NC(=O)c1ccc(OC)cc1. The number of thioether (sulfide) groups is 1. The third-order valence-corrected chi connectivity index (χ3v) is 6.19. The molecule has 0 radical (unpaired) electrons. The van der Waals surface area contributed by atoms with Crippen molar-refractivity contribution in [1.29, 1.82) is 0 Å². The highest BCUT2D eigenvalue weighted by Gasteiger charge is 2.20. The predicted octanol–water partition coefficient (Wildman–Crippen LogP) is 4.31. The van der Waals surface area contributed by atoms with Crippen LogP contribution in [0.1, 0.15) is 40.3 Å². The Labute approximate surface area is 203 Å². The lowest BCUT2D eigenvalue weighted by Crippen LogP contribution is -2.28. The fraction of sp³-hybridized carbons (Fsp3) is 0.280. The second-order valence-corrected chi connectivity index (χ2v) is 8.71. The number of rotatable bonds is 10. The van der Waals surface area contributed by atoms with Crippen molar-refractivity contribution in [3.63, 3.8) is 0 Å². The Morgan fingerprint density at radius 1 is 1.15 bits per heavy atom. The Kier molecular flexibility index (Phi) is 8.48. The number of methoxy groups -OCH3 is 1. The van der Waals surface area contributed by atoms with Gasteiger partial charge in [0.15, 0.2) is 11.0 Å². The lowest BCUT2D eigenvalue weighted by atomic mass is 10.1. The van der Waals surface area contributed by atoms with E-state index in [1.165, 1.54) is 11.8 Å². The first-order chi connectivity index (χ1) is 16.3. The molecule has 1 aromatic heterocycles. The topological polar surface area (TPSA) is 98.1 Å². The summed E-state index contributed by atoms with van der Waals surface area (Å²) in [5.74, 6) is 1.08. The molecule has 2 amide bonds. The van der Waals surface area contributed by atoms with Gasteiger partial charge in [0, 0.05) is 17.8 Å². The number of carbonyl (C=O) groups is 2. The fourth-order valence-electron chi connectivity index (χ4n) is 3.43. The summed E-state index contributed by atoms with van der Waals surface area (Å²) in [5, 5.41) is 15.0. The summed E-state index contributed by atoms with van der Waals surface area (Å²) in [6.07, 6.45) is 1.73. The largest absolute Gasteiger partial charge is 0.497 e. The van der Waals surface area contributed by atoms with Gasteiger partial charge in [0.2, 0.25) is 5.91 Å². The Hall–Kier alpha value is -3.59. The third-order valence-electron chi connectivity index (χ3n) is 5.22. The lowest BCUT2D eigenvalue weighted by molar-refractivity contribution is -0.113. The number of hydrogen-bond acceptors (Lipinski definition) is 6. The number of benzene rings is 2. The summed E-state index contributed by atoms with van der Waals surface area (Å²) < 4.78 is 6.99. The van der Waals surface area contributed by atoms with Gasteiger partial charge in [-0.05, 0) is 56.2 Å². The molecule has 2 aromatic carbocycles. The van der Waals surface area contributed by atoms with Crippen molar-refractivity contribution < 1.29 is 14.3 Å². The molecule has 8 nitrogen and oxygen atoms in total. The van der Waals surface area contributed by atoms with Crippen LogP contribution in [0.2, 0.25) is 0 Å². The number of amides is 2. The molecule has 0 saturated heterocycles. The van der Waals surface area contributed by atoms with Crippen molar-refractivity contribution in [3.8, 4) is 5.75 Å². The summed E-state index contributed by atoms with van der Waals surface area (Å²) in [6, 6.07) is 12.4. The summed E-state index contributed by atoms with van der Waals surface area (Å²) in [6.45, 7) is 10.0. The molecule has 2 N–H and O–H groups in total. The number of ether oxygens (including phenoxy) is 1. The van der Waals surface area contributed by atoms with E-state index in [0.717, 1.165) is 16.8 Å². The molecule has 3 rings (SSSR count). The molecule has 0 aliphatic heterocycles. The molecule has 0 saturated carbocycles. The van der Waals surface area contributed by atoms with E-state index < -0.39 is 6.04 Å². The highest BCUT2D eigenvalue weighted by Crippen LogP contribution is 2.23. The van der Waals surface area contributed by atoms with Crippen molar-refractivity contribution >= 4 is 29.3 Å². The zero-order valence-corrected chi connectivity index (χ0v) is 20.6. The number of hydrogen-bond donors (Lipinski definition) is 2. The monoisotopic (exact) mass is 479 g/mol. The third kappa shape index (κ3) is 6.05. The van der Waals surface area contributed by atoms with Crippen LogP contribution in [0.25, 0.3) is 0 Å². The molecule has 0 unspecified atom stereocenters. The number of carbonyl (C=O) groups excluding carboxylic acids is 2. The van der Waals surface area contributed by atoms with Crippen LogP contribution in [-0.2, 0) is 11.3 Å². The Bertz CT molecular complexity index is 1150. The van der Waals surface area contributed by atoms with Gasteiger partial charge in [-0.2, -0.15) is 0 Å². The van der Waals surface area contributed by atoms with Crippen LogP contribution in [0.3, 0.4) is 0 Å². The number of allylic oxidation sites excluding steroid dienone is 1. The van der Waals surface area contributed by atoms with E-state index in [9.17, 15) is 9.59 Å². The quantitative estimate of drug-likeness (QED) is 0.332. The molecule has 0 bridgehead atoms. The van der Waals surface area contributed by atoms with Crippen LogP contribution >= 0.6 is 11.8 Å². The van der Waals surface area contributed by atoms with E-state index in [-0.39, 0.29) is 17.6 Å². The zero-order valence-electron chi connectivity index (χ0n) is 19.8. The maximum atomic E-state index is 12.7. The van der Waals surface area contributed by atoms with Gasteiger partial charge in [-0.1, -0.05) is 36.0 Å². The van der Waals surface area contributed by atoms with Gasteiger partial charge in [0.1, 0.15) is 5.75 Å². The van der Waals surface area contributed by atoms with E-state index in [1.54, 1.807) is 37.5 Å². The van der Waals surface area contributed by atoms with Crippen molar-refractivity contribution in [2.75, 3.05) is 18.2 Å². The second kappa shape index (κ2) is 11.5. The van der Waals surface area contributed by atoms with Crippen molar-refractivity contribution in [2.45, 2.75) is 38.5 Å². The number of nitrogens with one attached hydrogen (secondary N) is 2. The number of anilines is 1. The molecular weight excluding hydrogens is 450 g/mol. The van der Waals surface area contributed by atoms with Gasteiger partial charge < -0.3 is 19.9 Å².